The first kappa shape index (κ1) is 17.2. The van der Waals surface area contributed by atoms with Crippen LogP contribution in [0.5, 0.6) is 0 Å². The summed E-state index contributed by atoms with van der Waals surface area (Å²) < 4.78 is 1.94. The third-order valence-corrected chi connectivity index (χ3v) is 5.08. The molecular formula is C20H29N3O. The molecule has 4 nitrogen and oxygen atoms in total. The summed E-state index contributed by atoms with van der Waals surface area (Å²) in [5.74, 6) is 0. The van der Waals surface area contributed by atoms with Gasteiger partial charge in [0.2, 0.25) is 0 Å². The van der Waals surface area contributed by atoms with Crippen LogP contribution in [0.15, 0.2) is 24.3 Å². The second-order valence-electron chi connectivity index (χ2n) is 6.90. The van der Waals surface area contributed by atoms with Crippen molar-refractivity contribution in [3.05, 3.63) is 52.3 Å². The SMILES string of the molecule is CCc1ccc(CN(Cc2c(C)nn(CCO)c2C)C2CC2)cc1. The van der Waals surface area contributed by atoms with Gasteiger partial charge in [0, 0.05) is 30.4 Å². The molecule has 0 bridgehead atoms. The Morgan fingerprint density at radius 2 is 1.79 bits per heavy atom. The van der Waals surface area contributed by atoms with Crippen molar-refractivity contribution < 1.29 is 5.11 Å². The highest BCUT2D eigenvalue weighted by Crippen LogP contribution is 2.31. The number of rotatable bonds is 8. The van der Waals surface area contributed by atoms with E-state index < -0.39 is 0 Å². The zero-order valence-electron chi connectivity index (χ0n) is 15.1. The molecule has 3 rings (SSSR count). The van der Waals surface area contributed by atoms with Crippen LogP contribution in [0.3, 0.4) is 0 Å². The smallest absolute Gasteiger partial charge is 0.0644 e. The van der Waals surface area contributed by atoms with Crippen LogP contribution in [0.25, 0.3) is 0 Å². The highest BCUT2D eigenvalue weighted by Gasteiger charge is 2.30. The Hall–Kier alpha value is -1.65. The average molecular weight is 327 g/mol. The second kappa shape index (κ2) is 7.49. The number of hydrogen-bond donors (Lipinski definition) is 1. The van der Waals surface area contributed by atoms with E-state index >= 15 is 0 Å². The molecule has 0 saturated heterocycles. The highest BCUT2D eigenvalue weighted by molar-refractivity contribution is 5.26. The van der Waals surface area contributed by atoms with Crippen molar-refractivity contribution >= 4 is 0 Å². The first-order valence-electron chi connectivity index (χ1n) is 9.08. The summed E-state index contributed by atoms with van der Waals surface area (Å²) in [7, 11) is 0. The molecule has 1 fully saturated rings. The Morgan fingerprint density at radius 1 is 1.12 bits per heavy atom. The van der Waals surface area contributed by atoms with Gasteiger partial charge in [-0.25, -0.2) is 0 Å². The van der Waals surface area contributed by atoms with Gasteiger partial charge < -0.3 is 5.11 Å². The van der Waals surface area contributed by atoms with Crippen LogP contribution in [0.2, 0.25) is 0 Å². The summed E-state index contributed by atoms with van der Waals surface area (Å²) in [5, 5.41) is 13.8. The number of aliphatic hydroxyl groups is 1. The predicted molar refractivity (Wildman–Crippen MR) is 96.9 cm³/mol. The van der Waals surface area contributed by atoms with E-state index in [1.54, 1.807) is 0 Å². The lowest BCUT2D eigenvalue weighted by molar-refractivity contribution is 0.244. The summed E-state index contributed by atoms with van der Waals surface area (Å²) in [4.78, 5) is 2.58. The third-order valence-electron chi connectivity index (χ3n) is 5.08. The molecule has 1 aliphatic carbocycles. The molecular weight excluding hydrogens is 298 g/mol. The van der Waals surface area contributed by atoms with Gasteiger partial charge in [-0.1, -0.05) is 31.2 Å². The monoisotopic (exact) mass is 327 g/mol. The molecule has 4 heteroatoms. The normalized spacial score (nSPS) is 14.5. The summed E-state index contributed by atoms with van der Waals surface area (Å²) in [5.41, 5.74) is 6.38. The molecule has 1 heterocycles. The second-order valence-corrected chi connectivity index (χ2v) is 6.90. The highest BCUT2D eigenvalue weighted by atomic mass is 16.3. The molecule has 0 aliphatic heterocycles. The van der Waals surface area contributed by atoms with Gasteiger partial charge in [0.15, 0.2) is 0 Å². The standard InChI is InChI=1S/C20H29N3O/c1-4-17-5-7-18(8-6-17)13-22(19-9-10-19)14-20-15(2)21-23(11-12-24)16(20)3/h5-8,19,24H,4,9-14H2,1-3H3. The predicted octanol–water partition coefficient (Wildman–Crippen LogP) is 3.22. The van der Waals surface area contributed by atoms with Crippen molar-refractivity contribution in [2.75, 3.05) is 6.61 Å². The van der Waals surface area contributed by atoms with E-state index in [9.17, 15) is 5.11 Å². The molecule has 0 atom stereocenters. The van der Waals surface area contributed by atoms with Crippen LogP contribution >= 0.6 is 0 Å². The molecule has 24 heavy (non-hydrogen) atoms. The van der Waals surface area contributed by atoms with Crippen LogP contribution < -0.4 is 0 Å². The average Bonchev–Trinajstić information content (AvgIpc) is 3.39. The zero-order valence-corrected chi connectivity index (χ0v) is 15.1. The van der Waals surface area contributed by atoms with Crippen LogP contribution in [0, 0.1) is 13.8 Å². The van der Waals surface area contributed by atoms with E-state index in [0.29, 0.717) is 12.6 Å². The van der Waals surface area contributed by atoms with Crippen LogP contribution in [0.1, 0.15) is 47.8 Å². The lowest BCUT2D eigenvalue weighted by atomic mass is 10.1. The summed E-state index contributed by atoms with van der Waals surface area (Å²) in [6.07, 6.45) is 3.70. The molecule has 0 amide bonds. The number of nitrogens with zero attached hydrogens (tertiary/aromatic N) is 3. The maximum Gasteiger partial charge on any atom is 0.0644 e. The Balaban J connectivity index is 1.74. The van der Waals surface area contributed by atoms with Crippen LogP contribution in [0.4, 0.5) is 0 Å². The first-order chi connectivity index (χ1) is 11.6. The maximum atomic E-state index is 9.19. The molecule has 1 saturated carbocycles. The van der Waals surface area contributed by atoms with Crippen molar-refractivity contribution in [2.24, 2.45) is 0 Å². The molecule has 1 aromatic heterocycles. The van der Waals surface area contributed by atoms with Gasteiger partial charge in [0.1, 0.15) is 0 Å². The lowest BCUT2D eigenvalue weighted by Crippen LogP contribution is -2.25. The van der Waals surface area contributed by atoms with Gasteiger partial charge in [-0.2, -0.15) is 5.10 Å². The van der Waals surface area contributed by atoms with Crippen molar-refractivity contribution in [1.82, 2.24) is 14.7 Å². The number of benzene rings is 1. The number of aromatic nitrogens is 2. The van der Waals surface area contributed by atoms with Crippen LogP contribution in [-0.4, -0.2) is 32.4 Å². The fourth-order valence-electron chi connectivity index (χ4n) is 3.35. The van der Waals surface area contributed by atoms with E-state index in [1.165, 1.54) is 35.2 Å². The van der Waals surface area contributed by atoms with Gasteiger partial charge in [0.05, 0.1) is 18.8 Å². The van der Waals surface area contributed by atoms with Gasteiger partial charge in [-0.15, -0.1) is 0 Å². The van der Waals surface area contributed by atoms with Gasteiger partial charge >= 0.3 is 0 Å². The summed E-state index contributed by atoms with van der Waals surface area (Å²) in [6.45, 7) is 9.05. The number of aryl methyl sites for hydroxylation is 2. The quantitative estimate of drug-likeness (QED) is 0.809. The van der Waals surface area contributed by atoms with Gasteiger partial charge in [-0.3, -0.25) is 9.58 Å². The van der Waals surface area contributed by atoms with E-state index in [1.807, 2.05) is 4.68 Å². The lowest BCUT2D eigenvalue weighted by Gasteiger charge is -2.22. The Bertz CT molecular complexity index is 671. The van der Waals surface area contributed by atoms with Crippen LogP contribution in [-0.2, 0) is 26.1 Å². The maximum absolute atomic E-state index is 9.19. The Kier molecular flexibility index (Phi) is 5.36. The van der Waals surface area contributed by atoms with Crippen molar-refractivity contribution in [2.45, 2.75) is 65.7 Å². The fourth-order valence-corrected chi connectivity index (χ4v) is 3.35. The molecule has 2 aromatic rings. The summed E-state index contributed by atoms with van der Waals surface area (Å²) in [6, 6.07) is 9.73. The molecule has 1 aromatic carbocycles. The van der Waals surface area contributed by atoms with Crippen molar-refractivity contribution in [1.29, 1.82) is 0 Å². The van der Waals surface area contributed by atoms with E-state index in [2.05, 4.69) is 55.0 Å². The third kappa shape index (κ3) is 3.87. The minimum absolute atomic E-state index is 0.136. The van der Waals surface area contributed by atoms with E-state index in [0.717, 1.165) is 25.2 Å². The number of hydrogen-bond acceptors (Lipinski definition) is 3. The van der Waals surface area contributed by atoms with Crippen molar-refractivity contribution in [3.63, 3.8) is 0 Å². The Morgan fingerprint density at radius 3 is 2.38 bits per heavy atom. The molecule has 130 valence electrons. The van der Waals surface area contributed by atoms with Gasteiger partial charge in [-0.05, 0) is 44.2 Å². The zero-order chi connectivity index (χ0) is 17.1. The molecule has 1 aliphatic rings. The van der Waals surface area contributed by atoms with E-state index in [4.69, 9.17) is 0 Å². The van der Waals surface area contributed by atoms with E-state index in [-0.39, 0.29) is 6.61 Å². The number of aliphatic hydroxyl groups excluding tert-OH is 1. The fraction of sp³-hybridized carbons (Fsp3) is 0.550. The topological polar surface area (TPSA) is 41.3 Å². The molecule has 0 radical (unpaired) electrons. The molecule has 1 N–H and O–H groups in total. The Labute approximate surface area is 145 Å². The molecule has 0 unspecified atom stereocenters. The summed E-state index contributed by atoms with van der Waals surface area (Å²) >= 11 is 0. The minimum Gasteiger partial charge on any atom is -0.394 e. The largest absolute Gasteiger partial charge is 0.394 e. The first-order valence-corrected chi connectivity index (χ1v) is 9.08. The minimum atomic E-state index is 0.136. The van der Waals surface area contributed by atoms with Crippen molar-refractivity contribution in [3.8, 4) is 0 Å². The van der Waals surface area contributed by atoms with Gasteiger partial charge in [0.25, 0.3) is 0 Å². The molecule has 0 spiro atoms.